The lowest BCUT2D eigenvalue weighted by Gasteiger charge is -2.15. The SMILES string of the molecule is CCOc1cc(/C=N/NC(=O)C(=O)Nc2cc(C)cc(C)c2)cc(Br)c1OCc1ccccc1Cl. The lowest BCUT2D eigenvalue weighted by atomic mass is 10.1. The van der Waals surface area contributed by atoms with Gasteiger partial charge in [0.1, 0.15) is 6.61 Å². The van der Waals surface area contributed by atoms with Crippen molar-refractivity contribution >= 4 is 51.2 Å². The fourth-order valence-electron chi connectivity index (χ4n) is 3.28. The Hall–Kier alpha value is -3.36. The van der Waals surface area contributed by atoms with Crippen LogP contribution in [0, 0.1) is 13.8 Å². The maximum Gasteiger partial charge on any atom is 0.329 e. The van der Waals surface area contributed by atoms with Crippen LogP contribution in [0.15, 0.2) is 64.2 Å². The monoisotopic (exact) mass is 557 g/mol. The molecule has 0 radical (unpaired) electrons. The third-order valence-electron chi connectivity index (χ3n) is 4.73. The van der Waals surface area contributed by atoms with E-state index in [1.54, 1.807) is 30.3 Å². The molecule has 0 fully saturated rings. The van der Waals surface area contributed by atoms with E-state index in [-0.39, 0.29) is 6.61 Å². The van der Waals surface area contributed by atoms with E-state index in [4.69, 9.17) is 21.1 Å². The van der Waals surface area contributed by atoms with Gasteiger partial charge in [-0.2, -0.15) is 5.10 Å². The summed E-state index contributed by atoms with van der Waals surface area (Å²) in [6.45, 7) is 6.37. The molecule has 3 aromatic carbocycles. The first-order valence-electron chi connectivity index (χ1n) is 10.8. The standard InChI is InChI=1S/C26H25BrClN3O4/c1-4-34-23-13-18(12-21(27)24(23)35-15-19-7-5-6-8-22(19)28)14-29-31-26(33)25(32)30-20-10-16(2)9-17(3)11-20/h5-14H,4,15H2,1-3H3,(H,30,32)(H,31,33)/b29-14+. The molecule has 9 heteroatoms. The molecular weight excluding hydrogens is 534 g/mol. The van der Waals surface area contributed by atoms with Gasteiger partial charge >= 0.3 is 11.8 Å². The summed E-state index contributed by atoms with van der Waals surface area (Å²) in [7, 11) is 0. The van der Waals surface area contributed by atoms with E-state index in [1.165, 1.54) is 6.21 Å². The number of carbonyl (C=O) groups is 2. The second-order valence-corrected chi connectivity index (χ2v) is 8.93. The topological polar surface area (TPSA) is 89.0 Å². The van der Waals surface area contributed by atoms with E-state index in [1.807, 2.05) is 45.0 Å². The van der Waals surface area contributed by atoms with Crippen LogP contribution in [0.25, 0.3) is 0 Å². The van der Waals surface area contributed by atoms with E-state index < -0.39 is 11.8 Å². The summed E-state index contributed by atoms with van der Waals surface area (Å²) in [5, 5.41) is 7.08. The second kappa shape index (κ2) is 12.4. The van der Waals surface area contributed by atoms with E-state index in [2.05, 4.69) is 31.8 Å². The van der Waals surface area contributed by atoms with Crippen LogP contribution in [-0.2, 0) is 16.2 Å². The number of hydrazone groups is 1. The number of anilines is 1. The fourth-order valence-corrected chi connectivity index (χ4v) is 4.05. The Kier molecular flexibility index (Phi) is 9.28. The molecule has 182 valence electrons. The lowest BCUT2D eigenvalue weighted by molar-refractivity contribution is -0.136. The molecule has 0 aliphatic heterocycles. The first-order valence-corrected chi connectivity index (χ1v) is 12.0. The number of ether oxygens (including phenoxy) is 2. The van der Waals surface area contributed by atoms with Crippen molar-refractivity contribution in [2.24, 2.45) is 5.10 Å². The third-order valence-corrected chi connectivity index (χ3v) is 5.68. The van der Waals surface area contributed by atoms with Gasteiger partial charge in [-0.05, 0) is 83.7 Å². The minimum Gasteiger partial charge on any atom is -0.490 e. The van der Waals surface area contributed by atoms with Gasteiger partial charge < -0.3 is 14.8 Å². The van der Waals surface area contributed by atoms with Crippen molar-refractivity contribution in [1.29, 1.82) is 0 Å². The first-order chi connectivity index (χ1) is 16.8. The summed E-state index contributed by atoms with van der Waals surface area (Å²) in [6, 6.07) is 16.4. The molecule has 0 aliphatic rings. The highest BCUT2D eigenvalue weighted by Crippen LogP contribution is 2.37. The quantitative estimate of drug-likeness (QED) is 0.208. The summed E-state index contributed by atoms with van der Waals surface area (Å²) < 4.78 is 12.3. The second-order valence-electron chi connectivity index (χ2n) is 7.67. The molecule has 2 N–H and O–H groups in total. The Labute approximate surface area is 217 Å². The third kappa shape index (κ3) is 7.56. The van der Waals surface area contributed by atoms with Crippen molar-refractivity contribution in [2.45, 2.75) is 27.4 Å². The number of nitrogens with one attached hydrogen (secondary N) is 2. The zero-order valence-corrected chi connectivity index (χ0v) is 21.9. The molecule has 0 saturated carbocycles. The number of carbonyl (C=O) groups excluding carboxylic acids is 2. The Bertz CT molecular complexity index is 1240. The molecule has 2 amide bonds. The molecule has 0 saturated heterocycles. The predicted molar refractivity (Wildman–Crippen MR) is 141 cm³/mol. The molecule has 0 aromatic heterocycles. The Morgan fingerprint density at radius 2 is 1.74 bits per heavy atom. The number of aryl methyl sites for hydroxylation is 2. The highest BCUT2D eigenvalue weighted by atomic mass is 79.9. The van der Waals surface area contributed by atoms with Gasteiger partial charge in [0.25, 0.3) is 0 Å². The van der Waals surface area contributed by atoms with Gasteiger partial charge in [-0.25, -0.2) is 5.43 Å². The van der Waals surface area contributed by atoms with E-state index >= 15 is 0 Å². The molecular formula is C26H25BrClN3O4. The van der Waals surface area contributed by atoms with Crippen LogP contribution in [0.3, 0.4) is 0 Å². The minimum atomic E-state index is -0.885. The highest BCUT2D eigenvalue weighted by molar-refractivity contribution is 9.10. The van der Waals surface area contributed by atoms with Gasteiger partial charge in [-0.3, -0.25) is 9.59 Å². The molecule has 0 bridgehead atoms. The van der Waals surface area contributed by atoms with Crippen molar-refractivity contribution in [3.63, 3.8) is 0 Å². The van der Waals surface area contributed by atoms with Crippen molar-refractivity contribution in [3.05, 3.63) is 86.3 Å². The van der Waals surface area contributed by atoms with Crippen LogP contribution in [0.2, 0.25) is 5.02 Å². The average molecular weight is 559 g/mol. The summed E-state index contributed by atoms with van der Waals surface area (Å²) in [6.07, 6.45) is 1.41. The van der Waals surface area contributed by atoms with Gasteiger partial charge in [0.15, 0.2) is 11.5 Å². The van der Waals surface area contributed by atoms with Gasteiger partial charge in [-0.15, -0.1) is 0 Å². The van der Waals surface area contributed by atoms with Crippen LogP contribution in [-0.4, -0.2) is 24.6 Å². The number of amides is 2. The van der Waals surface area contributed by atoms with Crippen molar-refractivity contribution in [2.75, 3.05) is 11.9 Å². The molecule has 0 spiro atoms. The van der Waals surface area contributed by atoms with Crippen molar-refractivity contribution in [1.82, 2.24) is 5.43 Å². The van der Waals surface area contributed by atoms with Crippen molar-refractivity contribution in [3.8, 4) is 11.5 Å². The van der Waals surface area contributed by atoms with E-state index in [0.717, 1.165) is 16.7 Å². The molecule has 3 rings (SSSR count). The van der Waals surface area contributed by atoms with Gasteiger partial charge in [-0.1, -0.05) is 35.9 Å². The van der Waals surface area contributed by atoms with Crippen LogP contribution in [0.1, 0.15) is 29.2 Å². The molecule has 35 heavy (non-hydrogen) atoms. The molecule has 0 aliphatic carbocycles. The summed E-state index contributed by atoms with van der Waals surface area (Å²) in [5.74, 6) is -0.689. The fraction of sp³-hybridized carbons (Fsp3) is 0.192. The van der Waals surface area contributed by atoms with Crippen LogP contribution in [0.5, 0.6) is 11.5 Å². The summed E-state index contributed by atoms with van der Waals surface area (Å²) in [5.41, 5.74) is 6.21. The Morgan fingerprint density at radius 1 is 1.03 bits per heavy atom. The van der Waals surface area contributed by atoms with E-state index in [9.17, 15) is 9.59 Å². The molecule has 0 atom stereocenters. The zero-order chi connectivity index (χ0) is 25.4. The largest absolute Gasteiger partial charge is 0.490 e. The maximum absolute atomic E-state index is 12.2. The number of hydrogen-bond donors (Lipinski definition) is 2. The Morgan fingerprint density at radius 3 is 2.43 bits per heavy atom. The first kappa shape index (κ1) is 26.2. The van der Waals surface area contributed by atoms with Gasteiger partial charge in [0, 0.05) is 16.3 Å². The minimum absolute atomic E-state index is 0.261. The van der Waals surface area contributed by atoms with E-state index in [0.29, 0.717) is 38.9 Å². The smallest absolute Gasteiger partial charge is 0.329 e. The van der Waals surface area contributed by atoms with Crippen LogP contribution < -0.4 is 20.2 Å². The molecule has 0 unspecified atom stereocenters. The number of nitrogens with zero attached hydrogens (tertiary/aromatic N) is 1. The molecule has 7 nitrogen and oxygen atoms in total. The molecule has 3 aromatic rings. The maximum atomic E-state index is 12.2. The predicted octanol–water partition coefficient (Wildman–Crippen LogP) is 5.79. The van der Waals surface area contributed by atoms with Crippen LogP contribution >= 0.6 is 27.5 Å². The number of benzene rings is 3. The number of halogens is 2. The number of rotatable bonds is 8. The van der Waals surface area contributed by atoms with Gasteiger partial charge in [0.2, 0.25) is 0 Å². The lowest BCUT2D eigenvalue weighted by Crippen LogP contribution is -2.32. The summed E-state index contributed by atoms with van der Waals surface area (Å²) in [4.78, 5) is 24.3. The van der Waals surface area contributed by atoms with Gasteiger partial charge in [0.05, 0.1) is 17.3 Å². The normalized spacial score (nSPS) is 10.8. The Balaban J connectivity index is 1.66. The summed E-state index contributed by atoms with van der Waals surface area (Å²) >= 11 is 9.72. The van der Waals surface area contributed by atoms with Crippen LogP contribution in [0.4, 0.5) is 5.69 Å². The molecule has 0 heterocycles. The zero-order valence-electron chi connectivity index (χ0n) is 19.5. The highest BCUT2D eigenvalue weighted by Gasteiger charge is 2.15. The average Bonchev–Trinajstić information content (AvgIpc) is 2.79. The van der Waals surface area contributed by atoms with Crippen molar-refractivity contribution < 1.29 is 19.1 Å². The number of hydrogen-bond acceptors (Lipinski definition) is 5.